The summed E-state index contributed by atoms with van der Waals surface area (Å²) < 4.78 is 12.7. The number of benzene rings is 1. The molecule has 1 amide bonds. The molecule has 3 aromatic rings. The minimum absolute atomic E-state index is 0.00481. The number of ether oxygens (including phenoxy) is 2. The Bertz CT molecular complexity index is 1010. The predicted octanol–water partition coefficient (Wildman–Crippen LogP) is 3.40. The van der Waals surface area contributed by atoms with Gasteiger partial charge in [-0.2, -0.15) is 0 Å². The number of anilines is 1. The number of fused-ring (bicyclic) bond motifs is 3. The second kappa shape index (κ2) is 6.95. The summed E-state index contributed by atoms with van der Waals surface area (Å²) in [4.78, 5) is 17.6. The number of pyridine rings is 1. The first-order chi connectivity index (χ1) is 13.1. The highest BCUT2D eigenvalue weighted by Gasteiger charge is 2.28. The van der Waals surface area contributed by atoms with Gasteiger partial charge in [0.15, 0.2) is 0 Å². The molecule has 6 heteroatoms. The average Bonchev–Trinajstić information content (AvgIpc) is 3.05. The number of carbonyl (C=O) groups excluding carboxylic acids is 1. The van der Waals surface area contributed by atoms with Gasteiger partial charge in [0.25, 0.3) is 0 Å². The van der Waals surface area contributed by atoms with E-state index < -0.39 is 0 Å². The molecule has 0 saturated heterocycles. The van der Waals surface area contributed by atoms with Crippen molar-refractivity contribution >= 4 is 17.2 Å². The number of nitrogens with one attached hydrogen (secondary N) is 1. The van der Waals surface area contributed by atoms with Crippen LogP contribution < -0.4 is 14.8 Å². The number of amides is 1. The lowest BCUT2D eigenvalue weighted by Crippen LogP contribution is -2.28. The molecular weight excluding hydrogens is 342 g/mol. The van der Waals surface area contributed by atoms with Crippen LogP contribution in [0.3, 0.4) is 0 Å². The maximum absolute atomic E-state index is 12.9. The highest BCUT2D eigenvalue weighted by Crippen LogP contribution is 2.31. The average molecular weight is 365 g/mol. The number of imidazole rings is 1. The van der Waals surface area contributed by atoms with Crippen molar-refractivity contribution in [3.63, 3.8) is 0 Å². The fraction of sp³-hybridized carbons (Fsp3) is 0.333. The van der Waals surface area contributed by atoms with Gasteiger partial charge in [0.1, 0.15) is 17.1 Å². The first kappa shape index (κ1) is 17.4. The van der Waals surface area contributed by atoms with Crippen LogP contribution in [0.25, 0.3) is 5.65 Å². The van der Waals surface area contributed by atoms with E-state index >= 15 is 0 Å². The van der Waals surface area contributed by atoms with Crippen molar-refractivity contribution in [3.8, 4) is 11.5 Å². The van der Waals surface area contributed by atoms with Crippen LogP contribution in [0.15, 0.2) is 36.5 Å². The van der Waals surface area contributed by atoms with Gasteiger partial charge in [-0.15, -0.1) is 0 Å². The van der Waals surface area contributed by atoms with Gasteiger partial charge >= 0.3 is 0 Å². The van der Waals surface area contributed by atoms with Crippen molar-refractivity contribution in [3.05, 3.63) is 53.5 Å². The Kier molecular flexibility index (Phi) is 4.48. The van der Waals surface area contributed by atoms with Crippen LogP contribution in [0.4, 0.5) is 5.69 Å². The van der Waals surface area contributed by atoms with E-state index in [0.29, 0.717) is 23.6 Å². The van der Waals surface area contributed by atoms with Crippen LogP contribution in [-0.2, 0) is 17.6 Å². The van der Waals surface area contributed by atoms with E-state index in [1.54, 1.807) is 26.4 Å². The fourth-order valence-electron chi connectivity index (χ4n) is 3.68. The molecule has 0 fully saturated rings. The Balaban J connectivity index is 1.58. The number of nitrogens with zero attached hydrogens (tertiary/aromatic N) is 2. The third kappa shape index (κ3) is 3.23. The SMILES string of the molecule is COc1ccc(OC)c(NC(=O)C2CCc3nc4ccc(C)cn4c3C2)c1. The Hall–Kier alpha value is -3.02. The third-order valence-corrected chi connectivity index (χ3v) is 5.15. The largest absolute Gasteiger partial charge is 0.497 e. The molecule has 0 radical (unpaired) electrons. The highest BCUT2D eigenvalue weighted by atomic mass is 16.5. The Labute approximate surface area is 158 Å². The zero-order valence-electron chi connectivity index (χ0n) is 15.8. The molecule has 1 aliphatic rings. The van der Waals surface area contributed by atoms with Crippen LogP contribution in [0.5, 0.6) is 11.5 Å². The molecule has 4 rings (SSSR count). The number of rotatable bonds is 4. The molecular formula is C21H23N3O3. The maximum Gasteiger partial charge on any atom is 0.227 e. The molecule has 140 valence electrons. The number of aromatic nitrogens is 2. The molecule has 27 heavy (non-hydrogen) atoms. The molecule has 1 atom stereocenters. The van der Waals surface area contributed by atoms with E-state index in [4.69, 9.17) is 14.5 Å². The number of hydrogen-bond donors (Lipinski definition) is 1. The van der Waals surface area contributed by atoms with Crippen molar-refractivity contribution in [1.82, 2.24) is 9.38 Å². The summed E-state index contributed by atoms with van der Waals surface area (Å²) >= 11 is 0. The van der Waals surface area contributed by atoms with Gasteiger partial charge in [-0.3, -0.25) is 4.79 Å². The summed E-state index contributed by atoms with van der Waals surface area (Å²) in [5, 5.41) is 3.01. The van der Waals surface area contributed by atoms with Crippen LogP contribution in [0.2, 0.25) is 0 Å². The maximum atomic E-state index is 12.9. The molecule has 1 unspecified atom stereocenters. The summed E-state index contributed by atoms with van der Waals surface area (Å²) in [6.45, 7) is 2.06. The van der Waals surface area contributed by atoms with E-state index in [9.17, 15) is 4.79 Å². The standard InChI is InChI=1S/C21H23N3O3/c1-13-4-9-20-22-16-7-5-14(10-18(16)24(20)12-13)21(25)23-17-11-15(26-2)6-8-19(17)27-3/h4,6,8-9,11-12,14H,5,7,10H2,1-3H3,(H,23,25). The summed E-state index contributed by atoms with van der Waals surface area (Å²) in [6, 6.07) is 9.47. The zero-order valence-corrected chi connectivity index (χ0v) is 15.8. The predicted molar refractivity (Wildman–Crippen MR) is 104 cm³/mol. The minimum Gasteiger partial charge on any atom is -0.497 e. The number of methoxy groups -OCH3 is 2. The van der Waals surface area contributed by atoms with Crippen LogP contribution >= 0.6 is 0 Å². The van der Waals surface area contributed by atoms with Crippen molar-refractivity contribution < 1.29 is 14.3 Å². The van der Waals surface area contributed by atoms with Gasteiger partial charge in [-0.05, 0) is 43.5 Å². The molecule has 0 saturated carbocycles. The number of aryl methyl sites for hydroxylation is 2. The van der Waals surface area contributed by atoms with Gasteiger partial charge in [0.05, 0.1) is 25.6 Å². The van der Waals surface area contributed by atoms with Crippen molar-refractivity contribution in [2.24, 2.45) is 5.92 Å². The highest BCUT2D eigenvalue weighted by molar-refractivity contribution is 5.94. The second-order valence-electron chi connectivity index (χ2n) is 6.94. The van der Waals surface area contributed by atoms with Gasteiger partial charge in [0.2, 0.25) is 5.91 Å². The van der Waals surface area contributed by atoms with Crippen LogP contribution in [0, 0.1) is 12.8 Å². The summed E-state index contributed by atoms with van der Waals surface area (Å²) in [7, 11) is 3.19. The molecule has 1 aliphatic carbocycles. The quantitative estimate of drug-likeness (QED) is 0.770. The molecule has 1 aromatic carbocycles. The van der Waals surface area contributed by atoms with Gasteiger partial charge in [-0.25, -0.2) is 4.98 Å². The number of hydrogen-bond acceptors (Lipinski definition) is 4. The molecule has 6 nitrogen and oxygen atoms in total. The summed E-state index contributed by atoms with van der Waals surface area (Å²) in [5.41, 5.74) is 4.99. The van der Waals surface area contributed by atoms with E-state index in [1.807, 2.05) is 12.1 Å². The van der Waals surface area contributed by atoms with Crippen molar-refractivity contribution in [2.75, 3.05) is 19.5 Å². The molecule has 2 heterocycles. The first-order valence-electron chi connectivity index (χ1n) is 9.08. The Morgan fingerprint density at radius 2 is 2.07 bits per heavy atom. The Morgan fingerprint density at radius 3 is 2.85 bits per heavy atom. The molecule has 2 aromatic heterocycles. The van der Waals surface area contributed by atoms with Crippen LogP contribution in [-0.4, -0.2) is 29.5 Å². The lowest BCUT2D eigenvalue weighted by molar-refractivity contribution is -0.120. The van der Waals surface area contributed by atoms with E-state index in [1.165, 1.54) is 5.56 Å². The van der Waals surface area contributed by atoms with Crippen LogP contribution in [0.1, 0.15) is 23.4 Å². The molecule has 0 spiro atoms. The van der Waals surface area contributed by atoms with E-state index in [2.05, 4.69) is 28.9 Å². The Morgan fingerprint density at radius 1 is 1.22 bits per heavy atom. The summed E-state index contributed by atoms with van der Waals surface area (Å²) in [5.74, 6) is 1.18. The lowest BCUT2D eigenvalue weighted by Gasteiger charge is -2.22. The fourth-order valence-corrected chi connectivity index (χ4v) is 3.68. The monoisotopic (exact) mass is 365 g/mol. The second-order valence-corrected chi connectivity index (χ2v) is 6.94. The van der Waals surface area contributed by atoms with Gasteiger partial charge in [0, 0.05) is 30.3 Å². The van der Waals surface area contributed by atoms with E-state index in [-0.39, 0.29) is 11.8 Å². The minimum atomic E-state index is -0.103. The van der Waals surface area contributed by atoms with E-state index in [0.717, 1.165) is 29.9 Å². The normalized spacial score (nSPS) is 16.0. The molecule has 0 aliphatic heterocycles. The summed E-state index contributed by atoms with van der Waals surface area (Å²) in [6.07, 6.45) is 4.36. The topological polar surface area (TPSA) is 64.9 Å². The third-order valence-electron chi connectivity index (χ3n) is 5.15. The first-order valence-corrected chi connectivity index (χ1v) is 9.08. The smallest absolute Gasteiger partial charge is 0.227 e. The molecule has 1 N–H and O–H groups in total. The van der Waals surface area contributed by atoms with Gasteiger partial charge < -0.3 is 19.2 Å². The number of carbonyl (C=O) groups is 1. The molecule has 0 bridgehead atoms. The van der Waals surface area contributed by atoms with Crippen molar-refractivity contribution in [2.45, 2.75) is 26.2 Å². The van der Waals surface area contributed by atoms with Crippen molar-refractivity contribution in [1.29, 1.82) is 0 Å². The zero-order chi connectivity index (χ0) is 19.0. The van der Waals surface area contributed by atoms with Gasteiger partial charge in [-0.1, -0.05) is 6.07 Å². The lowest BCUT2D eigenvalue weighted by atomic mass is 9.89.